The molecule has 3 rings (SSSR count). The minimum Gasteiger partial charge on any atom is -0.326 e. The Labute approximate surface area is 173 Å². The topological polar surface area (TPSA) is 60.5 Å². The summed E-state index contributed by atoms with van der Waals surface area (Å²) in [6.45, 7) is 2.08. The van der Waals surface area contributed by atoms with Gasteiger partial charge in [-0.05, 0) is 31.2 Å². The number of rotatable bonds is 6. The van der Waals surface area contributed by atoms with Crippen molar-refractivity contribution in [3.8, 4) is 5.69 Å². The van der Waals surface area contributed by atoms with Crippen molar-refractivity contribution in [3.63, 3.8) is 0 Å². The standard InChI is InChI=1S/C21H22ClFN4O2/c1-14-20(21(29)27(26(14)3)15-8-5-4-6-9-15)24-19(28)13-25(2)12-16-17(22)10-7-11-18(16)23/h4-11H,12-13H2,1-3H3,(H,24,28)/p+1. The molecule has 0 bridgehead atoms. The summed E-state index contributed by atoms with van der Waals surface area (Å²) >= 11 is 6.06. The van der Waals surface area contributed by atoms with Gasteiger partial charge in [0.05, 0.1) is 29.0 Å². The Morgan fingerprint density at radius 1 is 1.17 bits per heavy atom. The molecule has 0 spiro atoms. The molecule has 0 aliphatic heterocycles. The molecule has 0 radical (unpaired) electrons. The second-order valence-corrected chi connectivity index (χ2v) is 7.40. The van der Waals surface area contributed by atoms with Gasteiger partial charge in [-0.25, -0.2) is 9.07 Å². The third-order valence-corrected chi connectivity index (χ3v) is 5.18. The number of hydrogen-bond acceptors (Lipinski definition) is 2. The second-order valence-electron chi connectivity index (χ2n) is 7.00. The number of carbonyl (C=O) groups is 1. The van der Waals surface area contributed by atoms with Crippen molar-refractivity contribution in [1.29, 1.82) is 0 Å². The van der Waals surface area contributed by atoms with Crippen LogP contribution in [0.4, 0.5) is 10.1 Å². The fraction of sp³-hybridized carbons (Fsp3) is 0.238. The minimum absolute atomic E-state index is 0.0593. The summed E-state index contributed by atoms with van der Waals surface area (Å²) in [6, 6.07) is 13.7. The lowest BCUT2D eigenvalue weighted by Crippen LogP contribution is -3.08. The Hall–Kier alpha value is -2.90. The molecule has 0 aliphatic rings. The number of anilines is 1. The minimum atomic E-state index is -0.401. The van der Waals surface area contributed by atoms with Gasteiger partial charge in [0, 0.05) is 7.05 Å². The largest absolute Gasteiger partial charge is 0.326 e. The van der Waals surface area contributed by atoms with E-state index in [2.05, 4.69) is 5.32 Å². The SMILES string of the molecule is Cc1c(NC(=O)C[NH+](C)Cc2c(F)cccc2Cl)c(=O)n(-c2ccccc2)n1C. The average Bonchev–Trinajstić information content (AvgIpc) is 2.89. The molecule has 0 fully saturated rings. The highest BCUT2D eigenvalue weighted by Gasteiger charge is 2.20. The van der Waals surface area contributed by atoms with Crippen molar-refractivity contribution in [1.82, 2.24) is 9.36 Å². The number of hydrogen-bond donors (Lipinski definition) is 2. The van der Waals surface area contributed by atoms with Gasteiger partial charge in [-0.15, -0.1) is 0 Å². The van der Waals surface area contributed by atoms with E-state index in [-0.39, 0.29) is 30.2 Å². The van der Waals surface area contributed by atoms with Gasteiger partial charge in [-0.3, -0.25) is 14.3 Å². The van der Waals surface area contributed by atoms with Crippen molar-refractivity contribution in [2.75, 3.05) is 18.9 Å². The molecule has 2 aromatic carbocycles. The monoisotopic (exact) mass is 417 g/mol. The molecule has 0 aliphatic carbocycles. The molecule has 1 unspecified atom stereocenters. The van der Waals surface area contributed by atoms with E-state index in [0.29, 0.717) is 22.0 Å². The number of para-hydroxylation sites is 1. The smallest absolute Gasteiger partial charge is 0.295 e. The van der Waals surface area contributed by atoms with Gasteiger partial charge in [0.1, 0.15) is 18.0 Å². The molecular weight excluding hydrogens is 395 g/mol. The number of carbonyl (C=O) groups excluding carboxylic acids is 1. The highest BCUT2D eigenvalue weighted by Crippen LogP contribution is 2.17. The third-order valence-electron chi connectivity index (χ3n) is 4.82. The number of benzene rings is 2. The van der Waals surface area contributed by atoms with E-state index in [9.17, 15) is 14.0 Å². The van der Waals surface area contributed by atoms with Crippen LogP contribution in [0.2, 0.25) is 5.02 Å². The first-order chi connectivity index (χ1) is 13.8. The number of aromatic nitrogens is 2. The first kappa shape index (κ1) is 20.8. The lowest BCUT2D eigenvalue weighted by Gasteiger charge is -2.15. The van der Waals surface area contributed by atoms with Crippen LogP contribution in [0.5, 0.6) is 0 Å². The predicted molar refractivity (Wildman–Crippen MR) is 111 cm³/mol. The summed E-state index contributed by atoms with van der Waals surface area (Å²) in [7, 11) is 3.53. The highest BCUT2D eigenvalue weighted by atomic mass is 35.5. The highest BCUT2D eigenvalue weighted by molar-refractivity contribution is 6.31. The van der Waals surface area contributed by atoms with Crippen molar-refractivity contribution < 1.29 is 14.1 Å². The second kappa shape index (κ2) is 8.63. The molecule has 29 heavy (non-hydrogen) atoms. The first-order valence-corrected chi connectivity index (χ1v) is 9.55. The van der Waals surface area contributed by atoms with Crippen molar-refractivity contribution in [2.24, 2.45) is 7.05 Å². The predicted octanol–water partition coefficient (Wildman–Crippen LogP) is 1.93. The number of quaternary nitrogens is 1. The molecule has 0 saturated carbocycles. The number of halogens is 2. The van der Waals surface area contributed by atoms with E-state index < -0.39 is 5.82 Å². The van der Waals surface area contributed by atoms with Crippen molar-refractivity contribution in [2.45, 2.75) is 13.5 Å². The van der Waals surface area contributed by atoms with E-state index in [1.54, 1.807) is 37.8 Å². The maximum atomic E-state index is 14.0. The summed E-state index contributed by atoms with van der Waals surface area (Å²) in [6.07, 6.45) is 0. The van der Waals surface area contributed by atoms with E-state index in [1.165, 1.54) is 10.7 Å². The molecular formula is C21H23ClFN4O2+. The zero-order valence-corrected chi connectivity index (χ0v) is 17.3. The average molecular weight is 418 g/mol. The van der Waals surface area contributed by atoms with Crippen LogP contribution in [-0.2, 0) is 18.4 Å². The van der Waals surface area contributed by atoms with Gasteiger partial charge in [0.25, 0.3) is 11.5 Å². The van der Waals surface area contributed by atoms with Crippen molar-refractivity contribution >= 4 is 23.2 Å². The molecule has 1 aromatic heterocycles. The number of amides is 1. The lowest BCUT2D eigenvalue weighted by atomic mass is 10.2. The van der Waals surface area contributed by atoms with Gasteiger partial charge in [-0.2, -0.15) is 0 Å². The molecule has 3 aromatic rings. The van der Waals surface area contributed by atoms with Crippen LogP contribution in [-0.4, -0.2) is 28.9 Å². The fourth-order valence-electron chi connectivity index (χ4n) is 3.24. The lowest BCUT2D eigenvalue weighted by molar-refractivity contribution is -0.885. The molecule has 2 N–H and O–H groups in total. The Balaban J connectivity index is 1.75. The zero-order chi connectivity index (χ0) is 21.1. The summed E-state index contributed by atoms with van der Waals surface area (Å²) in [5.74, 6) is -0.733. The molecule has 1 atom stereocenters. The van der Waals surface area contributed by atoms with Gasteiger partial charge in [-0.1, -0.05) is 35.9 Å². The van der Waals surface area contributed by atoms with Crippen LogP contribution in [0.25, 0.3) is 5.69 Å². The van der Waals surface area contributed by atoms with Gasteiger partial charge in [0.2, 0.25) is 0 Å². The van der Waals surface area contributed by atoms with Crippen LogP contribution in [0.1, 0.15) is 11.3 Å². The number of nitrogens with one attached hydrogen (secondary N) is 2. The molecule has 6 nitrogen and oxygen atoms in total. The Morgan fingerprint density at radius 3 is 2.52 bits per heavy atom. The van der Waals surface area contributed by atoms with Gasteiger partial charge >= 0.3 is 0 Å². The third kappa shape index (κ3) is 4.41. The van der Waals surface area contributed by atoms with Gasteiger partial charge < -0.3 is 10.2 Å². The van der Waals surface area contributed by atoms with Crippen LogP contribution in [0.3, 0.4) is 0 Å². The summed E-state index contributed by atoms with van der Waals surface area (Å²) in [5.41, 5.74) is 1.64. The Bertz CT molecular complexity index is 1070. The van der Waals surface area contributed by atoms with Crippen LogP contribution < -0.4 is 15.8 Å². The normalized spacial score (nSPS) is 12.0. The molecule has 0 saturated heterocycles. The van der Waals surface area contributed by atoms with Crippen LogP contribution >= 0.6 is 11.6 Å². The quantitative estimate of drug-likeness (QED) is 0.644. The Kier molecular flexibility index (Phi) is 6.20. The van der Waals surface area contributed by atoms with E-state index in [4.69, 9.17) is 11.6 Å². The molecule has 152 valence electrons. The first-order valence-electron chi connectivity index (χ1n) is 9.17. The van der Waals surface area contributed by atoms with E-state index >= 15 is 0 Å². The summed E-state index contributed by atoms with van der Waals surface area (Å²) in [4.78, 5) is 26.1. The fourth-order valence-corrected chi connectivity index (χ4v) is 3.47. The van der Waals surface area contributed by atoms with Gasteiger partial charge in [0.15, 0.2) is 6.54 Å². The maximum absolute atomic E-state index is 14.0. The van der Waals surface area contributed by atoms with E-state index in [0.717, 1.165) is 4.90 Å². The van der Waals surface area contributed by atoms with Crippen molar-refractivity contribution in [3.05, 3.63) is 81.0 Å². The number of nitrogens with zero attached hydrogens (tertiary/aromatic N) is 2. The van der Waals surface area contributed by atoms with E-state index in [1.807, 2.05) is 30.3 Å². The Morgan fingerprint density at radius 2 is 1.86 bits per heavy atom. The summed E-state index contributed by atoms with van der Waals surface area (Å²) in [5, 5.41) is 3.04. The molecule has 1 heterocycles. The number of likely N-dealkylation sites (N-methyl/N-ethyl adjacent to an activating group) is 1. The molecule has 1 amide bonds. The zero-order valence-electron chi connectivity index (χ0n) is 16.5. The van der Waals surface area contributed by atoms with Crippen LogP contribution in [0, 0.1) is 12.7 Å². The summed E-state index contributed by atoms with van der Waals surface area (Å²) < 4.78 is 17.2. The van der Waals surface area contributed by atoms with Crippen LogP contribution in [0.15, 0.2) is 53.3 Å². The molecule has 8 heteroatoms. The maximum Gasteiger partial charge on any atom is 0.295 e.